The number of fused-ring (bicyclic) bond motifs is 1. The molecule has 1 heterocycles. The predicted molar refractivity (Wildman–Crippen MR) is 129 cm³/mol. The molecule has 1 aliphatic rings. The van der Waals surface area contributed by atoms with Gasteiger partial charge in [-0.05, 0) is 59.9 Å². The molecule has 7 heteroatoms. The number of anilines is 1. The van der Waals surface area contributed by atoms with E-state index in [1.807, 2.05) is 0 Å². The Morgan fingerprint density at radius 3 is 2.71 bits per heavy atom. The normalized spacial score (nSPS) is 16.3. The number of nitrogens with one attached hydrogen (secondary N) is 1. The van der Waals surface area contributed by atoms with E-state index in [0.717, 1.165) is 31.2 Å². The summed E-state index contributed by atoms with van der Waals surface area (Å²) in [5.41, 5.74) is 2.42. The van der Waals surface area contributed by atoms with Gasteiger partial charge in [-0.25, -0.2) is 4.79 Å². The van der Waals surface area contributed by atoms with E-state index in [1.54, 1.807) is 24.3 Å². The van der Waals surface area contributed by atoms with E-state index in [-0.39, 0.29) is 11.3 Å². The van der Waals surface area contributed by atoms with Gasteiger partial charge in [0.25, 0.3) is 0 Å². The SMILES string of the molecule is CCC(C)(C)C1CCc2c(sc(NC(=O)/C=C/c3ccc(Cl)cc3Cl)c2C(=O)OC)C1. The molecule has 1 amide bonds. The van der Waals surface area contributed by atoms with Gasteiger partial charge in [0.15, 0.2) is 0 Å². The van der Waals surface area contributed by atoms with E-state index in [9.17, 15) is 9.59 Å². The average molecular weight is 480 g/mol. The summed E-state index contributed by atoms with van der Waals surface area (Å²) in [5, 5.41) is 4.41. The lowest BCUT2D eigenvalue weighted by Crippen LogP contribution is -2.28. The quantitative estimate of drug-likeness (QED) is 0.357. The highest BCUT2D eigenvalue weighted by Crippen LogP contribution is 2.45. The highest BCUT2D eigenvalue weighted by atomic mass is 35.5. The van der Waals surface area contributed by atoms with Crippen molar-refractivity contribution in [2.75, 3.05) is 12.4 Å². The van der Waals surface area contributed by atoms with Crippen molar-refractivity contribution in [1.82, 2.24) is 0 Å². The molecular formula is C24H27Cl2NO3S. The summed E-state index contributed by atoms with van der Waals surface area (Å²) in [4.78, 5) is 26.3. The fourth-order valence-electron chi connectivity index (χ4n) is 3.90. The molecule has 3 rings (SSSR count). The van der Waals surface area contributed by atoms with Gasteiger partial charge in [0.05, 0.1) is 12.7 Å². The molecule has 4 nitrogen and oxygen atoms in total. The fourth-order valence-corrected chi connectivity index (χ4v) is 5.69. The third-order valence-corrected chi connectivity index (χ3v) is 8.02. The van der Waals surface area contributed by atoms with Crippen molar-refractivity contribution in [3.63, 3.8) is 0 Å². The summed E-state index contributed by atoms with van der Waals surface area (Å²) >= 11 is 13.6. The summed E-state index contributed by atoms with van der Waals surface area (Å²) < 4.78 is 5.02. The number of rotatable bonds is 6. The lowest BCUT2D eigenvalue weighted by atomic mass is 9.69. The number of ether oxygens (including phenoxy) is 1. The number of halogens is 2. The van der Waals surface area contributed by atoms with Crippen LogP contribution in [0.5, 0.6) is 0 Å². The van der Waals surface area contributed by atoms with Gasteiger partial charge >= 0.3 is 5.97 Å². The monoisotopic (exact) mass is 479 g/mol. The molecular weight excluding hydrogens is 453 g/mol. The van der Waals surface area contributed by atoms with Crippen molar-refractivity contribution in [2.24, 2.45) is 11.3 Å². The molecule has 0 radical (unpaired) electrons. The predicted octanol–water partition coefficient (Wildman–Crippen LogP) is 7.03. The number of hydrogen-bond acceptors (Lipinski definition) is 4. The molecule has 1 atom stereocenters. The van der Waals surface area contributed by atoms with Crippen molar-refractivity contribution in [3.05, 3.63) is 55.9 Å². The minimum atomic E-state index is -0.411. The number of benzene rings is 1. The van der Waals surface area contributed by atoms with Crippen LogP contribution in [-0.4, -0.2) is 19.0 Å². The fraction of sp³-hybridized carbons (Fsp3) is 0.417. The Hall–Kier alpha value is -1.82. The van der Waals surface area contributed by atoms with Crippen LogP contribution in [0, 0.1) is 11.3 Å². The van der Waals surface area contributed by atoms with Crippen molar-refractivity contribution in [2.45, 2.75) is 46.5 Å². The molecule has 2 aromatic rings. The largest absolute Gasteiger partial charge is 0.465 e. The summed E-state index contributed by atoms with van der Waals surface area (Å²) in [6, 6.07) is 5.08. The van der Waals surface area contributed by atoms with Crippen molar-refractivity contribution < 1.29 is 14.3 Å². The molecule has 0 fully saturated rings. The number of methoxy groups -OCH3 is 1. The molecule has 0 saturated heterocycles. The topological polar surface area (TPSA) is 55.4 Å². The first kappa shape index (κ1) is 23.8. The molecule has 1 unspecified atom stereocenters. The first-order valence-electron chi connectivity index (χ1n) is 10.3. The van der Waals surface area contributed by atoms with Gasteiger partial charge in [-0.3, -0.25) is 4.79 Å². The second-order valence-corrected chi connectivity index (χ2v) is 10.4. The molecule has 166 valence electrons. The Morgan fingerprint density at radius 1 is 1.32 bits per heavy atom. The highest BCUT2D eigenvalue weighted by molar-refractivity contribution is 7.17. The highest BCUT2D eigenvalue weighted by Gasteiger charge is 2.35. The smallest absolute Gasteiger partial charge is 0.341 e. The molecule has 1 aliphatic carbocycles. The Balaban J connectivity index is 1.85. The standard InChI is InChI=1S/C24H27Cl2NO3S/c1-5-24(2,3)15-8-10-17-19(12-15)31-22(21(17)23(29)30-4)27-20(28)11-7-14-6-9-16(25)13-18(14)26/h6-7,9,11,13,15H,5,8,10,12H2,1-4H3,(H,27,28)/b11-7+. The van der Waals surface area contributed by atoms with Crippen LogP contribution in [0.15, 0.2) is 24.3 Å². The number of carbonyl (C=O) groups is 2. The Bertz CT molecular complexity index is 1030. The van der Waals surface area contributed by atoms with Gasteiger partial charge in [-0.1, -0.05) is 56.5 Å². The zero-order chi connectivity index (χ0) is 22.8. The van der Waals surface area contributed by atoms with Gasteiger partial charge in [0.2, 0.25) is 5.91 Å². The van der Waals surface area contributed by atoms with E-state index in [2.05, 4.69) is 26.1 Å². The van der Waals surface area contributed by atoms with Crippen LogP contribution < -0.4 is 5.32 Å². The molecule has 1 N–H and O–H groups in total. The van der Waals surface area contributed by atoms with E-state index < -0.39 is 5.97 Å². The summed E-state index contributed by atoms with van der Waals surface area (Å²) in [7, 11) is 1.37. The maximum atomic E-state index is 12.6. The van der Waals surface area contributed by atoms with Crippen LogP contribution in [0.3, 0.4) is 0 Å². The first-order chi connectivity index (χ1) is 14.7. The molecule has 0 spiro atoms. The number of carbonyl (C=O) groups excluding carboxylic acids is 2. The summed E-state index contributed by atoms with van der Waals surface area (Å²) in [6.45, 7) is 6.81. The molecule has 31 heavy (non-hydrogen) atoms. The molecule has 0 bridgehead atoms. The van der Waals surface area contributed by atoms with Crippen molar-refractivity contribution >= 4 is 57.5 Å². The summed E-state index contributed by atoms with van der Waals surface area (Å²) in [6.07, 6.45) is 6.88. The van der Waals surface area contributed by atoms with E-state index in [0.29, 0.717) is 32.1 Å². The van der Waals surface area contributed by atoms with E-state index in [1.165, 1.54) is 29.4 Å². The Morgan fingerprint density at radius 2 is 2.06 bits per heavy atom. The van der Waals surface area contributed by atoms with Gasteiger partial charge in [0, 0.05) is 21.0 Å². The van der Waals surface area contributed by atoms with Gasteiger partial charge < -0.3 is 10.1 Å². The van der Waals surface area contributed by atoms with Crippen LogP contribution in [0.2, 0.25) is 10.0 Å². The third kappa shape index (κ3) is 5.33. The zero-order valence-electron chi connectivity index (χ0n) is 18.2. The zero-order valence-corrected chi connectivity index (χ0v) is 20.5. The van der Waals surface area contributed by atoms with Crippen molar-refractivity contribution in [1.29, 1.82) is 0 Å². The second-order valence-electron chi connectivity index (χ2n) is 8.47. The van der Waals surface area contributed by atoms with E-state index >= 15 is 0 Å². The lowest BCUT2D eigenvalue weighted by molar-refractivity contribution is -0.111. The Kier molecular flexibility index (Phi) is 7.51. The number of hydrogen-bond donors (Lipinski definition) is 1. The number of esters is 1. The van der Waals surface area contributed by atoms with Crippen LogP contribution in [0.25, 0.3) is 6.08 Å². The minimum Gasteiger partial charge on any atom is -0.465 e. The second kappa shape index (κ2) is 9.76. The number of amides is 1. The lowest BCUT2D eigenvalue weighted by Gasteiger charge is -2.36. The van der Waals surface area contributed by atoms with Gasteiger partial charge in [-0.15, -0.1) is 11.3 Å². The Labute approximate surface area is 197 Å². The first-order valence-corrected chi connectivity index (χ1v) is 11.9. The molecule has 1 aromatic heterocycles. The van der Waals surface area contributed by atoms with Crippen LogP contribution in [0.4, 0.5) is 5.00 Å². The average Bonchev–Trinajstić information content (AvgIpc) is 3.09. The van der Waals surface area contributed by atoms with Crippen molar-refractivity contribution in [3.8, 4) is 0 Å². The van der Waals surface area contributed by atoms with Crippen LogP contribution in [-0.2, 0) is 22.4 Å². The summed E-state index contributed by atoms with van der Waals surface area (Å²) in [5.74, 6) is -0.199. The van der Waals surface area contributed by atoms with Gasteiger partial charge in [0.1, 0.15) is 5.00 Å². The molecule has 1 aromatic carbocycles. The maximum Gasteiger partial charge on any atom is 0.341 e. The molecule has 0 saturated carbocycles. The van der Waals surface area contributed by atoms with Gasteiger partial charge in [-0.2, -0.15) is 0 Å². The number of thiophene rings is 1. The van der Waals surface area contributed by atoms with Crippen LogP contribution >= 0.6 is 34.5 Å². The molecule has 0 aliphatic heterocycles. The third-order valence-electron chi connectivity index (χ3n) is 6.28. The van der Waals surface area contributed by atoms with E-state index in [4.69, 9.17) is 27.9 Å². The van der Waals surface area contributed by atoms with Crippen LogP contribution in [0.1, 0.15) is 60.0 Å². The minimum absolute atomic E-state index is 0.233. The maximum absolute atomic E-state index is 12.6.